The van der Waals surface area contributed by atoms with Crippen molar-refractivity contribution in [2.45, 2.75) is 195 Å². The molecule has 4 rings (SSSR count). The van der Waals surface area contributed by atoms with Crippen LogP contribution in [0.3, 0.4) is 0 Å². The highest BCUT2D eigenvalue weighted by Gasteiger charge is 2.49. The van der Waals surface area contributed by atoms with Crippen LogP contribution in [-0.4, -0.2) is 37.4 Å². The van der Waals surface area contributed by atoms with Gasteiger partial charge >= 0.3 is 0 Å². The SMILES string of the molecule is CCC1(CC)CC(OC(OC2CC(CC)(CC)C2)OC(OC2CC(CC)(CC)C2)OC2CC(CC)(CC)C2)C1. The largest absolute Gasteiger partial charge is 0.326 e. The fourth-order valence-corrected chi connectivity index (χ4v) is 8.23. The first-order chi connectivity index (χ1) is 18.7. The van der Waals surface area contributed by atoms with Gasteiger partial charge in [0.1, 0.15) is 0 Å². The molecule has 0 bridgehead atoms. The molecule has 39 heavy (non-hydrogen) atoms. The third kappa shape index (κ3) is 6.90. The van der Waals surface area contributed by atoms with Gasteiger partial charge in [0.2, 0.25) is 0 Å². The Kier molecular flexibility index (Phi) is 10.6. The third-order valence-corrected chi connectivity index (χ3v) is 12.7. The van der Waals surface area contributed by atoms with Gasteiger partial charge in [-0.1, -0.05) is 107 Å². The fourth-order valence-electron chi connectivity index (χ4n) is 8.23. The van der Waals surface area contributed by atoms with Crippen molar-refractivity contribution in [3.63, 3.8) is 0 Å². The van der Waals surface area contributed by atoms with Crippen LogP contribution in [0.2, 0.25) is 0 Å². The molecule has 5 heteroatoms. The Morgan fingerprint density at radius 3 is 0.718 bits per heavy atom. The lowest BCUT2D eigenvalue weighted by Gasteiger charge is -2.51. The van der Waals surface area contributed by atoms with Gasteiger partial charge in [0.15, 0.2) is 0 Å². The zero-order chi connectivity index (χ0) is 28.3. The summed E-state index contributed by atoms with van der Waals surface area (Å²) in [5.74, 6) is 0. The second-order valence-electron chi connectivity index (χ2n) is 14.2. The van der Waals surface area contributed by atoms with Gasteiger partial charge < -0.3 is 18.9 Å². The van der Waals surface area contributed by atoms with E-state index in [0.29, 0.717) is 21.7 Å². The summed E-state index contributed by atoms with van der Waals surface area (Å²) in [6, 6.07) is 0. The number of rotatable bonds is 18. The highest BCUT2D eigenvalue weighted by Crippen LogP contribution is 2.53. The summed E-state index contributed by atoms with van der Waals surface area (Å²) in [6.07, 6.45) is 19.1. The van der Waals surface area contributed by atoms with E-state index in [1.54, 1.807) is 0 Å². The van der Waals surface area contributed by atoms with Gasteiger partial charge in [0, 0.05) is 0 Å². The van der Waals surface area contributed by atoms with Crippen LogP contribution >= 0.6 is 0 Å². The van der Waals surface area contributed by atoms with Crippen LogP contribution < -0.4 is 0 Å². The number of hydrogen-bond acceptors (Lipinski definition) is 5. The zero-order valence-electron chi connectivity index (χ0n) is 26.8. The Morgan fingerprint density at radius 1 is 0.385 bits per heavy atom. The molecule has 0 N–H and O–H groups in total. The minimum atomic E-state index is -0.729. The van der Waals surface area contributed by atoms with Gasteiger partial charge in [-0.2, -0.15) is 0 Å². The number of ether oxygens (including phenoxy) is 5. The summed E-state index contributed by atoms with van der Waals surface area (Å²) < 4.78 is 32.7. The lowest BCUT2D eigenvalue weighted by atomic mass is 9.63. The second kappa shape index (κ2) is 13.0. The Hall–Kier alpha value is -0.200. The van der Waals surface area contributed by atoms with Crippen LogP contribution in [0, 0.1) is 21.7 Å². The van der Waals surface area contributed by atoms with Crippen molar-refractivity contribution in [2.24, 2.45) is 21.7 Å². The highest BCUT2D eigenvalue weighted by atomic mass is 16.9. The Bertz CT molecular complexity index is 597. The van der Waals surface area contributed by atoms with E-state index in [2.05, 4.69) is 55.4 Å². The van der Waals surface area contributed by atoms with Crippen molar-refractivity contribution in [1.82, 2.24) is 0 Å². The maximum atomic E-state index is 6.55. The summed E-state index contributed by atoms with van der Waals surface area (Å²) in [5, 5.41) is 0. The van der Waals surface area contributed by atoms with Crippen LogP contribution in [0.4, 0.5) is 0 Å². The molecule has 0 aromatic rings. The molecule has 228 valence electrons. The average molecular weight is 551 g/mol. The quantitative estimate of drug-likeness (QED) is 0.159. The first-order valence-electron chi connectivity index (χ1n) is 16.9. The molecule has 0 heterocycles. The topological polar surface area (TPSA) is 46.2 Å². The molecule has 4 saturated carbocycles. The van der Waals surface area contributed by atoms with Crippen LogP contribution in [0.1, 0.15) is 158 Å². The van der Waals surface area contributed by atoms with Crippen molar-refractivity contribution in [3.05, 3.63) is 0 Å². The van der Waals surface area contributed by atoms with Gasteiger partial charge in [0.05, 0.1) is 24.4 Å². The molecule has 0 aliphatic heterocycles. The second-order valence-corrected chi connectivity index (χ2v) is 14.2. The molecule has 4 fully saturated rings. The monoisotopic (exact) mass is 550 g/mol. The predicted octanol–water partition coefficient (Wildman–Crippen LogP) is 9.51. The fraction of sp³-hybridized carbons (Fsp3) is 1.00. The summed E-state index contributed by atoms with van der Waals surface area (Å²) in [4.78, 5) is 0. The van der Waals surface area contributed by atoms with Gasteiger partial charge in [-0.15, -0.1) is 0 Å². The number of hydrogen-bond donors (Lipinski definition) is 0. The van der Waals surface area contributed by atoms with Gasteiger partial charge in [-0.25, -0.2) is 0 Å². The maximum absolute atomic E-state index is 6.55. The van der Waals surface area contributed by atoms with Crippen molar-refractivity contribution in [2.75, 3.05) is 0 Å². The first kappa shape index (κ1) is 31.7. The Balaban J connectivity index is 1.40. The summed E-state index contributed by atoms with van der Waals surface area (Å²) >= 11 is 0. The molecule has 0 aromatic carbocycles. The van der Waals surface area contributed by atoms with Gasteiger partial charge in [0.25, 0.3) is 13.0 Å². The van der Waals surface area contributed by atoms with Crippen LogP contribution in [0.5, 0.6) is 0 Å². The summed E-state index contributed by atoms with van der Waals surface area (Å²) in [5.41, 5.74) is 1.68. The van der Waals surface area contributed by atoms with Crippen molar-refractivity contribution < 1.29 is 23.7 Å². The molecule has 0 saturated heterocycles. The molecular weight excluding hydrogens is 488 g/mol. The molecule has 0 unspecified atom stereocenters. The third-order valence-electron chi connectivity index (χ3n) is 12.7. The standard InChI is InChI=1S/C34H62O5/c1-9-31(10-2)17-25(18-31)35-29(36-26-19-32(11-3,12-4)20-26)39-30(37-27-21-33(13-5,14-6)22-27)38-28-23-34(15-7,16-8)24-28/h25-30H,9-24H2,1-8H3. The average Bonchev–Trinajstić information content (AvgIpc) is 2.86. The molecule has 0 atom stereocenters. The van der Waals surface area contributed by atoms with Crippen LogP contribution in [-0.2, 0) is 23.7 Å². The van der Waals surface area contributed by atoms with E-state index in [9.17, 15) is 0 Å². The van der Waals surface area contributed by atoms with E-state index in [1.807, 2.05) is 0 Å². The molecular formula is C34H62O5. The Labute approximate surface area is 240 Å². The lowest BCUT2D eigenvalue weighted by Crippen LogP contribution is -2.51. The highest BCUT2D eigenvalue weighted by molar-refractivity contribution is 4.96. The summed E-state index contributed by atoms with van der Waals surface area (Å²) in [7, 11) is 0. The minimum absolute atomic E-state index is 0.186. The van der Waals surface area contributed by atoms with E-state index < -0.39 is 13.0 Å². The van der Waals surface area contributed by atoms with Crippen molar-refractivity contribution in [1.29, 1.82) is 0 Å². The van der Waals surface area contributed by atoms with E-state index in [1.165, 1.54) is 51.4 Å². The molecule has 0 radical (unpaired) electrons. The molecule has 0 aromatic heterocycles. The van der Waals surface area contributed by atoms with Gasteiger partial charge in [-0.05, 0) is 73.0 Å². The molecule has 4 aliphatic carbocycles. The van der Waals surface area contributed by atoms with Gasteiger partial charge in [-0.3, -0.25) is 4.74 Å². The molecule has 0 amide bonds. The molecule has 5 nitrogen and oxygen atoms in total. The zero-order valence-corrected chi connectivity index (χ0v) is 26.8. The van der Waals surface area contributed by atoms with E-state index >= 15 is 0 Å². The normalized spacial score (nSPS) is 26.3. The predicted molar refractivity (Wildman–Crippen MR) is 157 cm³/mol. The van der Waals surface area contributed by atoms with E-state index in [4.69, 9.17) is 23.7 Å². The smallest absolute Gasteiger partial charge is 0.276 e. The van der Waals surface area contributed by atoms with E-state index in [-0.39, 0.29) is 24.4 Å². The summed E-state index contributed by atoms with van der Waals surface area (Å²) in [6.45, 7) is 17.0. The van der Waals surface area contributed by atoms with Crippen molar-refractivity contribution >= 4 is 0 Å². The molecule has 4 aliphatic rings. The Morgan fingerprint density at radius 2 is 0.564 bits per heavy atom. The van der Waals surface area contributed by atoms with Crippen LogP contribution in [0.25, 0.3) is 0 Å². The maximum Gasteiger partial charge on any atom is 0.276 e. The van der Waals surface area contributed by atoms with E-state index in [0.717, 1.165) is 51.4 Å². The first-order valence-corrected chi connectivity index (χ1v) is 16.9. The van der Waals surface area contributed by atoms with Crippen LogP contribution in [0.15, 0.2) is 0 Å². The lowest BCUT2D eigenvalue weighted by molar-refractivity contribution is -0.443. The minimum Gasteiger partial charge on any atom is -0.326 e. The molecule has 0 spiro atoms. The van der Waals surface area contributed by atoms with Crippen molar-refractivity contribution in [3.8, 4) is 0 Å².